The van der Waals surface area contributed by atoms with Crippen molar-refractivity contribution in [1.82, 2.24) is 9.97 Å². The monoisotopic (exact) mass is 329 g/mol. The van der Waals surface area contributed by atoms with Gasteiger partial charge in [0.15, 0.2) is 0 Å². The summed E-state index contributed by atoms with van der Waals surface area (Å²) in [4.78, 5) is 7.92. The number of rotatable bonds is 2. The number of nitrogens with two attached hydrogens (primary N) is 1. The summed E-state index contributed by atoms with van der Waals surface area (Å²) in [5.74, 6) is 1.38. The Bertz CT molecular complexity index is 757. The van der Waals surface area contributed by atoms with Crippen molar-refractivity contribution in [2.75, 3.05) is 5.73 Å². The molecule has 0 saturated heterocycles. The van der Waals surface area contributed by atoms with Crippen LogP contribution in [0.4, 0.5) is 5.69 Å². The lowest BCUT2D eigenvalue weighted by atomic mass is 10.0. The maximum atomic E-state index is 6.00. The van der Waals surface area contributed by atoms with Crippen molar-refractivity contribution in [2.24, 2.45) is 0 Å². The number of aromatic amines is 1. The Labute approximate surface area is 126 Å². The third-order valence-corrected chi connectivity index (χ3v) is 3.89. The summed E-state index contributed by atoms with van der Waals surface area (Å²) in [6.45, 7) is 4.38. The molecule has 0 aliphatic rings. The second-order valence-electron chi connectivity index (χ2n) is 5.25. The molecule has 2 aromatic carbocycles. The molecule has 0 amide bonds. The van der Waals surface area contributed by atoms with E-state index in [2.05, 4.69) is 64.0 Å². The molecule has 3 rings (SSSR count). The van der Waals surface area contributed by atoms with E-state index < -0.39 is 0 Å². The third kappa shape index (κ3) is 2.31. The van der Waals surface area contributed by atoms with Crippen LogP contribution in [-0.2, 0) is 0 Å². The molecular weight excluding hydrogens is 314 g/mol. The first-order valence-electron chi connectivity index (χ1n) is 6.59. The van der Waals surface area contributed by atoms with Crippen molar-refractivity contribution in [1.29, 1.82) is 0 Å². The summed E-state index contributed by atoms with van der Waals surface area (Å²) in [6, 6.07) is 12.3. The minimum absolute atomic E-state index is 0.534. The highest BCUT2D eigenvalue weighted by Crippen LogP contribution is 2.28. The van der Waals surface area contributed by atoms with Gasteiger partial charge in [0.2, 0.25) is 0 Å². The molecule has 0 radical (unpaired) electrons. The van der Waals surface area contributed by atoms with Gasteiger partial charge in [0, 0.05) is 10.0 Å². The molecule has 102 valence electrons. The summed E-state index contributed by atoms with van der Waals surface area (Å²) < 4.78 is 0.952. The SMILES string of the molecule is CC(C)c1ccc(-c2nc3c(N)cc(Br)cc3[nH]2)cc1. The number of nitrogens with zero attached hydrogens (tertiary/aromatic N) is 1. The molecule has 0 aliphatic carbocycles. The number of hydrogen-bond donors (Lipinski definition) is 2. The first-order chi connectivity index (χ1) is 9.54. The zero-order valence-electron chi connectivity index (χ0n) is 11.4. The molecule has 4 heteroatoms. The second kappa shape index (κ2) is 4.94. The Hall–Kier alpha value is -1.81. The number of benzene rings is 2. The van der Waals surface area contributed by atoms with Gasteiger partial charge in [-0.15, -0.1) is 0 Å². The van der Waals surface area contributed by atoms with Gasteiger partial charge in [-0.1, -0.05) is 54.0 Å². The molecule has 0 bridgehead atoms. The average molecular weight is 330 g/mol. The summed E-state index contributed by atoms with van der Waals surface area (Å²) in [6.07, 6.45) is 0. The van der Waals surface area contributed by atoms with Crippen LogP contribution in [0, 0.1) is 0 Å². The van der Waals surface area contributed by atoms with Crippen molar-refractivity contribution in [2.45, 2.75) is 19.8 Å². The molecule has 0 aliphatic heterocycles. The topological polar surface area (TPSA) is 54.7 Å². The van der Waals surface area contributed by atoms with Gasteiger partial charge in [0.05, 0.1) is 11.2 Å². The molecule has 1 heterocycles. The Morgan fingerprint density at radius 3 is 2.50 bits per heavy atom. The number of H-pyrrole nitrogens is 1. The highest BCUT2D eigenvalue weighted by Gasteiger charge is 2.09. The predicted octanol–water partition coefficient (Wildman–Crippen LogP) is 4.70. The largest absolute Gasteiger partial charge is 0.397 e. The minimum atomic E-state index is 0.534. The van der Waals surface area contributed by atoms with Gasteiger partial charge in [-0.25, -0.2) is 4.98 Å². The standard InChI is InChI=1S/C16H16BrN3/c1-9(2)10-3-5-11(6-4-10)16-19-14-8-12(17)7-13(18)15(14)20-16/h3-9H,18H2,1-2H3,(H,19,20). The number of imidazole rings is 1. The molecule has 3 nitrogen and oxygen atoms in total. The van der Waals surface area contributed by atoms with Crippen LogP contribution >= 0.6 is 15.9 Å². The van der Waals surface area contributed by atoms with Crippen molar-refractivity contribution in [3.8, 4) is 11.4 Å². The predicted molar refractivity (Wildman–Crippen MR) is 87.7 cm³/mol. The van der Waals surface area contributed by atoms with Crippen molar-refractivity contribution >= 4 is 32.7 Å². The quantitative estimate of drug-likeness (QED) is 0.669. The van der Waals surface area contributed by atoms with E-state index >= 15 is 0 Å². The van der Waals surface area contributed by atoms with Gasteiger partial charge in [0.1, 0.15) is 11.3 Å². The van der Waals surface area contributed by atoms with Crippen LogP contribution in [0.15, 0.2) is 40.9 Å². The van der Waals surface area contributed by atoms with E-state index in [1.165, 1.54) is 5.56 Å². The average Bonchev–Trinajstić information content (AvgIpc) is 2.83. The van der Waals surface area contributed by atoms with Crippen LogP contribution in [0.3, 0.4) is 0 Å². The van der Waals surface area contributed by atoms with E-state index in [1.54, 1.807) is 0 Å². The zero-order chi connectivity index (χ0) is 14.3. The lowest BCUT2D eigenvalue weighted by Gasteiger charge is -2.05. The molecule has 0 atom stereocenters. The molecule has 3 N–H and O–H groups in total. The molecule has 20 heavy (non-hydrogen) atoms. The van der Waals surface area contributed by atoms with Crippen LogP contribution in [0.5, 0.6) is 0 Å². The first-order valence-corrected chi connectivity index (χ1v) is 7.39. The lowest BCUT2D eigenvalue weighted by Crippen LogP contribution is -1.87. The molecule has 0 fully saturated rings. The van der Waals surface area contributed by atoms with E-state index in [9.17, 15) is 0 Å². The maximum Gasteiger partial charge on any atom is 0.138 e. The summed E-state index contributed by atoms with van der Waals surface area (Å²) in [5.41, 5.74) is 10.8. The molecule has 0 unspecified atom stereocenters. The number of nitrogens with one attached hydrogen (secondary N) is 1. The fraction of sp³-hybridized carbons (Fsp3) is 0.188. The summed E-state index contributed by atoms with van der Waals surface area (Å²) >= 11 is 3.45. The highest BCUT2D eigenvalue weighted by atomic mass is 79.9. The normalized spacial score (nSPS) is 11.4. The first kappa shape index (κ1) is 13.2. The summed E-state index contributed by atoms with van der Waals surface area (Å²) in [7, 11) is 0. The number of aromatic nitrogens is 2. The van der Waals surface area contributed by atoms with E-state index in [0.29, 0.717) is 11.6 Å². The van der Waals surface area contributed by atoms with E-state index in [-0.39, 0.29) is 0 Å². The maximum absolute atomic E-state index is 6.00. The number of fused-ring (bicyclic) bond motifs is 1. The Balaban J connectivity index is 2.08. The molecule has 0 spiro atoms. The number of nitrogen functional groups attached to an aromatic ring is 1. The van der Waals surface area contributed by atoms with Gasteiger partial charge in [-0.05, 0) is 23.6 Å². The Kier molecular flexibility index (Phi) is 3.26. The smallest absolute Gasteiger partial charge is 0.138 e. The molecule has 0 saturated carbocycles. The van der Waals surface area contributed by atoms with Gasteiger partial charge in [-0.3, -0.25) is 0 Å². The molecule has 3 aromatic rings. The lowest BCUT2D eigenvalue weighted by molar-refractivity contribution is 0.867. The zero-order valence-corrected chi connectivity index (χ0v) is 13.0. The van der Waals surface area contributed by atoms with Gasteiger partial charge in [0.25, 0.3) is 0 Å². The van der Waals surface area contributed by atoms with Crippen molar-refractivity contribution in [3.63, 3.8) is 0 Å². The Morgan fingerprint density at radius 1 is 1.15 bits per heavy atom. The van der Waals surface area contributed by atoms with Crippen molar-refractivity contribution < 1.29 is 0 Å². The minimum Gasteiger partial charge on any atom is -0.397 e. The fourth-order valence-corrected chi connectivity index (χ4v) is 2.75. The number of anilines is 1. The van der Waals surface area contributed by atoms with E-state index in [1.807, 2.05) is 12.1 Å². The van der Waals surface area contributed by atoms with Crippen molar-refractivity contribution in [3.05, 3.63) is 46.4 Å². The Morgan fingerprint density at radius 2 is 1.85 bits per heavy atom. The second-order valence-corrected chi connectivity index (χ2v) is 6.17. The van der Waals surface area contributed by atoms with Crippen LogP contribution in [-0.4, -0.2) is 9.97 Å². The third-order valence-electron chi connectivity index (χ3n) is 3.43. The highest BCUT2D eigenvalue weighted by molar-refractivity contribution is 9.10. The van der Waals surface area contributed by atoms with Crippen LogP contribution in [0.1, 0.15) is 25.3 Å². The summed E-state index contributed by atoms with van der Waals surface area (Å²) in [5, 5.41) is 0. The van der Waals surface area contributed by atoms with Gasteiger partial charge < -0.3 is 10.7 Å². The fourth-order valence-electron chi connectivity index (χ4n) is 2.27. The molecule has 1 aromatic heterocycles. The van der Waals surface area contributed by atoms with Gasteiger partial charge in [-0.2, -0.15) is 0 Å². The van der Waals surface area contributed by atoms with E-state index in [4.69, 9.17) is 5.73 Å². The van der Waals surface area contributed by atoms with Gasteiger partial charge >= 0.3 is 0 Å². The molecular formula is C16H16BrN3. The van der Waals surface area contributed by atoms with Crippen LogP contribution in [0.2, 0.25) is 0 Å². The van der Waals surface area contributed by atoms with Crippen LogP contribution < -0.4 is 5.73 Å². The van der Waals surface area contributed by atoms with Crippen LogP contribution in [0.25, 0.3) is 22.4 Å². The van der Waals surface area contributed by atoms with E-state index in [0.717, 1.165) is 26.9 Å². The number of hydrogen-bond acceptors (Lipinski definition) is 2. The number of halogens is 1.